The molecule has 6 nitrogen and oxygen atoms in total. The van der Waals surface area contributed by atoms with Gasteiger partial charge in [0.2, 0.25) is 0 Å². The largest absolute Gasteiger partial charge is 0.305 e. The second-order valence-electron chi connectivity index (χ2n) is 5.10. The topological polar surface area (TPSA) is 72.7 Å². The molecule has 1 fully saturated rings. The second-order valence-corrected chi connectivity index (χ2v) is 5.10. The molecular weight excluding hydrogens is 254 g/mol. The monoisotopic (exact) mass is 271 g/mol. The van der Waals surface area contributed by atoms with Gasteiger partial charge in [-0.15, -0.1) is 0 Å². The Kier molecular flexibility index (Phi) is 3.45. The SMILES string of the molecule is Cc1cnc(C(=O)Nc2ccnn2C2CCCC2)cn1. The van der Waals surface area contributed by atoms with Gasteiger partial charge in [-0.3, -0.25) is 9.78 Å². The Morgan fingerprint density at radius 2 is 2.10 bits per heavy atom. The lowest BCUT2D eigenvalue weighted by molar-refractivity contribution is 0.102. The van der Waals surface area contributed by atoms with Gasteiger partial charge < -0.3 is 5.32 Å². The molecule has 1 aliphatic rings. The van der Waals surface area contributed by atoms with E-state index in [-0.39, 0.29) is 5.91 Å². The Balaban J connectivity index is 1.76. The van der Waals surface area contributed by atoms with Gasteiger partial charge in [0.05, 0.1) is 24.1 Å². The molecule has 3 rings (SSSR count). The summed E-state index contributed by atoms with van der Waals surface area (Å²) in [5, 5.41) is 7.19. The Labute approximate surface area is 117 Å². The van der Waals surface area contributed by atoms with E-state index in [9.17, 15) is 4.79 Å². The number of nitrogens with one attached hydrogen (secondary N) is 1. The smallest absolute Gasteiger partial charge is 0.277 e. The number of carbonyl (C=O) groups excluding carboxylic acids is 1. The molecule has 0 unspecified atom stereocenters. The Morgan fingerprint density at radius 3 is 2.80 bits per heavy atom. The molecule has 2 aromatic heterocycles. The van der Waals surface area contributed by atoms with Crippen molar-refractivity contribution in [2.24, 2.45) is 0 Å². The first-order chi connectivity index (χ1) is 9.74. The van der Waals surface area contributed by atoms with Gasteiger partial charge in [0.1, 0.15) is 11.5 Å². The fourth-order valence-electron chi connectivity index (χ4n) is 2.54. The van der Waals surface area contributed by atoms with Crippen molar-refractivity contribution in [2.75, 3.05) is 5.32 Å². The summed E-state index contributed by atoms with van der Waals surface area (Å²) >= 11 is 0. The lowest BCUT2D eigenvalue weighted by atomic mass is 10.2. The van der Waals surface area contributed by atoms with E-state index in [1.807, 2.05) is 17.7 Å². The van der Waals surface area contributed by atoms with Crippen molar-refractivity contribution in [1.82, 2.24) is 19.7 Å². The van der Waals surface area contributed by atoms with E-state index in [0.717, 1.165) is 24.4 Å². The number of aromatic nitrogens is 4. The number of carbonyl (C=O) groups is 1. The number of amides is 1. The summed E-state index contributed by atoms with van der Waals surface area (Å²) in [6.07, 6.45) is 9.48. The predicted molar refractivity (Wildman–Crippen MR) is 74.5 cm³/mol. The quantitative estimate of drug-likeness (QED) is 0.930. The number of rotatable bonds is 3. The molecule has 0 atom stereocenters. The molecular formula is C14H17N5O. The summed E-state index contributed by atoms with van der Waals surface area (Å²) in [5.41, 5.74) is 1.10. The van der Waals surface area contributed by atoms with Crippen molar-refractivity contribution >= 4 is 11.7 Å². The van der Waals surface area contributed by atoms with Crippen LogP contribution in [0.5, 0.6) is 0 Å². The second kappa shape index (κ2) is 5.40. The van der Waals surface area contributed by atoms with Crippen molar-refractivity contribution in [1.29, 1.82) is 0 Å². The maximum atomic E-state index is 12.1. The van der Waals surface area contributed by atoms with Gasteiger partial charge in [0, 0.05) is 12.3 Å². The zero-order valence-corrected chi connectivity index (χ0v) is 11.4. The van der Waals surface area contributed by atoms with Gasteiger partial charge in [-0.2, -0.15) is 5.10 Å². The van der Waals surface area contributed by atoms with Gasteiger partial charge in [-0.25, -0.2) is 9.67 Å². The van der Waals surface area contributed by atoms with Crippen LogP contribution >= 0.6 is 0 Å². The first-order valence-electron chi connectivity index (χ1n) is 6.87. The number of anilines is 1. The third-order valence-corrected chi connectivity index (χ3v) is 3.60. The molecule has 1 saturated carbocycles. The third kappa shape index (κ3) is 2.54. The Bertz CT molecular complexity index is 598. The summed E-state index contributed by atoms with van der Waals surface area (Å²) < 4.78 is 1.91. The van der Waals surface area contributed by atoms with E-state index in [2.05, 4.69) is 20.4 Å². The lowest BCUT2D eigenvalue weighted by Gasteiger charge is -2.14. The van der Waals surface area contributed by atoms with Crippen LogP contribution < -0.4 is 5.32 Å². The molecule has 6 heteroatoms. The highest BCUT2D eigenvalue weighted by atomic mass is 16.2. The van der Waals surface area contributed by atoms with Gasteiger partial charge in [0.15, 0.2) is 0 Å². The minimum absolute atomic E-state index is 0.253. The van der Waals surface area contributed by atoms with Crippen molar-refractivity contribution < 1.29 is 4.79 Å². The van der Waals surface area contributed by atoms with Crippen LogP contribution in [0.1, 0.15) is 47.9 Å². The first kappa shape index (κ1) is 12.8. The van der Waals surface area contributed by atoms with Crippen molar-refractivity contribution in [3.63, 3.8) is 0 Å². The molecule has 20 heavy (non-hydrogen) atoms. The predicted octanol–water partition coefficient (Wildman–Crippen LogP) is 2.35. The van der Waals surface area contributed by atoms with E-state index >= 15 is 0 Å². The minimum atomic E-state index is -0.253. The standard InChI is InChI=1S/C14H17N5O/c1-10-8-16-12(9-15-10)14(20)18-13-6-7-17-19(13)11-4-2-3-5-11/h6-9,11H,2-5H2,1H3,(H,18,20). The Hall–Kier alpha value is -2.24. The van der Waals surface area contributed by atoms with E-state index < -0.39 is 0 Å². The summed E-state index contributed by atoms with van der Waals surface area (Å²) in [7, 11) is 0. The van der Waals surface area contributed by atoms with Crippen molar-refractivity contribution in [2.45, 2.75) is 38.6 Å². The van der Waals surface area contributed by atoms with Crippen molar-refractivity contribution in [3.05, 3.63) is 36.0 Å². The van der Waals surface area contributed by atoms with Gasteiger partial charge in [-0.1, -0.05) is 12.8 Å². The van der Waals surface area contributed by atoms with Crippen LogP contribution in [0.2, 0.25) is 0 Å². The maximum absolute atomic E-state index is 12.1. The van der Waals surface area contributed by atoms with Crippen LogP contribution in [-0.2, 0) is 0 Å². The summed E-state index contributed by atoms with van der Waals surface area (Å²) in [6.45, 7) is 1.84. The zero-order chi connectivity index (χ0) is 13.9. The number of aryl methyl sites for hydroxylation is 1. The van der Waals surface area contributed by atoms with Crippen LogP contribution in [0.15, 0.2) is 24.7 Å². The highest BCUT2D eigenvalue weighted by molar-refractivity contribution is 6.02. The molecule has 2 heterocycles. The minimum Gasteiger partial charge on any atom is -0.305 e. The Morgan fingerprint density at radius 1 is 1.30 bits per heavy atom. The zero-order valence-electron chi connectivity index (χ0n) is 11.4. The molecule has 104 valence electrons. The number of hydrogen-bond acceptors (Lipinski definition) is 4. The lowest BCUT2D eigenvalue weighted by Crippen LogP contribution is -2.18. The van der Waals surface area contributed by atoms with Crippen LogP contribution in [0, 0.1) is 6.92 Å². The normalized spacial score (nSPS) is 15.4. The van der Waals surface area contributed by atoms with Gasteiger partial charge >= 0.3 is 0 Å². The van der Waals surface area contributed by atoms with E-state index in [1.54, 1.807) is 12.4 Å². The van der Waals surface area contributed by atoms with E-state index in [1.165, 1.54) is 19.0 Å². The average molecular weight is 271 g/mol. The highest BCUT2D eigenvalue weighted by Gasteiger charge is 2.21. The third-order valence-electron chi connectivity index (χ3n) is 3.60. The van der Waals surface area contributed by atoms with Crippen LogP contribution in [-0.4, -0.2) is 25.7 Å². The van der Waals surface area contributed by atoms with E-state index in [0.29, 0.717) is 11.7 Å². The fourth-order valence-corrected chi connectivity index (χ4v) is 2.54. The van der Waals surface area contributed by atoms with Crippen LogP contribution in [0.4, 0.5) is 5.82 Å². The highest BCUT2D eigenvalue weighted by Crippen LogP contribution is 2.31. The molecule has 0 bridgehead atoms. The molecule has 0 aliphatic heterocycles. The number of nitrogens with zero attached hydrogens (tertiary/aromatic N) is 4. The molecule has 1 amide bonds. The molecule has 0 radical (unpaired) electrons. The maximum Gasteiger partial charge on any atom is 0.277 e. The molecule has 1 aliphatic carbocycles. The molecule has 0 spiro atoms. The summed E-state index contributed by atoms with van der Waals surface area (Å²) in [6, 6.07) is 2.21. The fraction of sp³-hybridized carbons (Fsp3) is 0.429. The first-order valence-corrected chi connectivity index (χ1v) is 6.87. The number of hydrogen-bond donors (Lipinski definition) is 1. The average Bonchev–Trinajstić information content (AvgIpc) is 3.09. The van der Waals surface area contributed by atoms with E-state index in [4.69, 9.17) is 0 Å². The van der Waals surface area contributed by atoms with Crippen LogP contribution in [0.3, 0.4) is 0 Å². The molecule has 2 aromatic rings. The van der Waals surface area contributed by atoms with Crippen molar-refractivity contribution in [3.8, 4) is 0 Å². The molecule has 0 aromatic carbocycles. The van der Waals surface area contributed by atoms with Gasteiger partial charge in [-0.05, 0) is 19.8 Å². The molecule has 0 saturated heterocycles. The summed E-state index contributed by atoms with van der Waals surface area (Å²) in [4.78, 5) is 20.3. The van der Waals surface area contributed by atoms with Gasteiger partial charge in [0.25, 0.3) is 5.91 Å². The summed E-state index contributed by atoms with van der Waals surface area (Å²) in [5.74, 6) is 0.474. The molecule has 1 N–H and O–H groups in total. The van der Waals surface area contributed by atoms with Crippen LogP contribution in [0.25, 0.3) is 0 Å².